The Hall–Kier alpha value is -2.00. The number of hydrogen-bond donors (Lipinski definition) is 0. The van der Waals surface area contributed by atoms with E-state index in [0.29, 0.717) is 0 Å². The van der Waals surface area contributed by atoms with Crippen LogP contribution < -0.4 is 0 Å². The van der Waals surface area contributed by atoms with Crippen molar-refractivity contribution in [1.29, 1.82) is 0 Å². The summed E-state index contributed by atoms with van der Waals surface area (Å²) in [6.45, 7) is 2.95. The minimum Gasteiger partial charge on any atom is -0.469 e. The molecule has 0 amide bonds. The quantitative estimate of drug-likeness (QED) is 0.557. The largest absolute Gasteiger partial charge is 0.469 e. The first-order valence-electron chi connectivity index (χ1n) is 6.54. The van der Waals surface area contributed by atoms with Crippen LogP contribution in [0.1, 0.15) is 36.0 Å². The molecule has 128 valence electrons. The number of esters is 2. The van der Waals surface area contributed by atoms with Gasteiger partial charge in [-0.2, -0.15) is 8.42 Å². The van der Waals surface area contributed by atoms with Crippen LogP contribution in [0.2, 0.25) is 0 Å². The second kappa shape index (κ2) is 7.05. The summed E-state index contributed by atoms with van der Waals surface area (Å²) in [6, 6.07) is 2.80. The van der Waals surface area contributed by atoms with Crippen LogP contribution in [0.5, 0.6) is 0 Å². The van der Waals surface area contributed by atoms with E-state index in [2.05, 4.69) is 9.72 Å². The van der Waals surface area contributed by atoms with Crippen molar-refractivity contribution in [3.8, 4) is 0 Å². The fraction of sp³-hybridized carbons (Fsp3) is 0.500. The monoisotopic (exact) mass is 345 g/mol. The molecule has 0 aromatic carbocycles. The van der Waals surface area contributed by atoms with Gasteiger partial charge in [-0.3, -0.25) is 14.0 Å². The maximum absolute atomic E-state index is 12.0. The van der Waals surface area contributed by atoms with Crippen LogP contribution >= 0.6 is 0 Å². The Morgan fingerprint density at radius 3 is 2.17 bits per heavy atom. The van der Waals surface area contributed by atoms with Crippen molar-refractivity contribution in [3.05, 3.63) is 29.6 Å². The first-order valence-corrected chi connectivity index (χ1v) is 8.35. The molecule has 0 bridgehead atoms. The topological polar surface area (TPSA) is 109 Å². The summed E-state index contributed by atoms with van der Waals surface area (Å²) < 4.78 is 37.3. The summed E-state index contributed by atoms with van der Waals surface area (Å²) in [7, 11) is -1.45. The molecule has 1 aromatic heterocycles. The Kier molecular flexibility index (Phi) is 5.84. The normalized spacial score (nSPS) is 13.3. The van der Waals surface area contributed by atoms with Crippen LogP contribution in [-0.2, 0) is 28.6 Å². The Morgan fingerprint density at radius 2 is 1.78 bits per heavy atom. The molecule has 1 aromatic rings. The van der Waals surface area contributed by atoms with Gasteiger partial charge in [-0.1, -0.05) is 0 Å². The maximum Gasteiger partial charge on any atom is 0.339 e. The smallest absolute Gasteiger partial charge is 0.339 e. The highest BCUT2D eigenvalue weighted by molar-refractivity contribution is 7.86. The number of aromatic nitrogens is 1. The fourth-order valence-electron chi connectivity index (χ4n) is 1.88. The van der Waals surface area contributed by atoms with E-state index >= 15 is 0 Å². The number of carbonyl (C=O) groups excluding carboxylic acids is 2. The molecule has 0 aliphatic heterocycles. The van der Waals surface area contributed by atoms with E-state index in [1.807, 2.05) is 0 Å². The van der Waals surface area contributed by atoms with Gasteiger partial charge in [0.1, 0.15) is 6.10 Å². The Morgan fingerprint density at radius 1 is 1.17 bits per heavy atom. The number of methoxy groups -OCH3 is 2. The maximum atomic E-state index is 12.0. The lowest BCUT2D eigenvalue weighted by atomic mass is 9.84. The Balaban J connectivity index is 3.30. The minimum atomic E-state index is -3.87. The molecule has 9 heteroatoms. The molecular weight excluding hydrogens is 326 g/mol. The number of rotatable bonds is 6. The molecule has 0 fully saturated rings. The summed E-state index contributed by atoms with van der Waals surface area (Å²) in [6.07, 6.45) is 0.875. The number of nitrogens with zero attached hydrogens (tertiary/aromatic N) is 1. The third-order valence-corrected chi connectivity index (χ3v) is 3.66. The molecule has 1 rings (SSSR count). The van der Waals surface area contributed by atoms with Crippen LogP contribution in [0.25, 0.3) is 0 Å². The molecule has 0 saturated carbocycles. The Bertz CT molecular complexity index is 680. The zero-order valence-electron chi connectivity index (χ0n) is 13.5. The van der Waals surface area contributed by atoms with Gasteiger partial charge in [-0.25, -0.2) is 4.79 Å². The molecule has 0 radical (unpaired) electrons. The van der Waals surface area contributed by atoms with Gasteiger partial charge in [0.15, 0.2) is 0 Å². The highest BCUT2D eigenvalue weighted by atomic mass is 32.2. The van der Waals surface area contributed by atoms with Crippen molar-refractivity contribution >= 4 is 22.1 Å². The lowest BCUT2D eigenvalue weighted by molar-refractivity contribution is -0.156. The van der Waals surface area contributed by atoms with Gasteiger partial charge in [-0.15, -0.1) is 0 Å². The molecule has 0 N–H and O–H groups in total. The molecular formula is C14H19NO7S. The Labute approximate surface area is 134 Å². The molecule has 0 aliphatic rings. The molecule has 0 aliphatic carbocycles. The van der Waals surface area contributed by atoms with Gasteiger partial charge in [-0.05, 0) is 26.0 Å². The van der Waals surface area contributed by atoms with E-state index in [9.17, 15) is 18.0 Å². The minimum absolute atomic E-state index is 0.165. The summed E-state index contributed by atoms with van der Waals surface area (Å²) in [5.41, 5.74) is -0.971. The number of hydrogen-bond acceptors (Lipinski definition) is 8. The molecule has 1 atom stereocenters. The van der Waals surface area contributed by atoms with Gasteiger partial charge in [0.25, 0.3) is 10.1 Å². The predicted molar refractivity (Wildman–Crippen MR) is 80.0 cm³/mol. The lowest BCUT2D eigenvalue weighted by Crippen LogP contribution is -2.35. The molecule has 8 nitrogen and oxygen atoms in total. The average Bonchev–Trinajstić information content (AvgIpc) is 2.50. The lowest BCUT2D eigenvalue weighted by Gasteiger charge is -2.30. The van der Waals surface area contributed by atoms with Crippen LogP contribution in [0.15, 0.2) is 18.3 Å². The highest BCUT2D eigenvalue weighted by Gasteiger charge is 2.42. The predicted octanol–water partition coefficient (Wildman–Crippen LogP) is 1.08. The molecule has 23 heavy (non-hydrogen) atoms. The third-order valence-electron chi connectivity index (χ3n) is 3.11. The van der Waals surface area contributed by atoms with Gasteiger partial charge < -0.3 is 9.47 Å². The SMILES string of the molecule is COC(=O)c1ccc(C(OS(C)(=O)=O)C(C)(C)C(=O)OC)nc1. The van der Waals surface area contributed by atoms with Crippen LogP contribution in [0, 0.1) is 5.41 Å². The van der Waals surface area contributed by atoms with E-state index in [4.69, 9.17) is 8.92 Å². The van der Waals surface area contributed by atoms with E-state index in [1.54, 1.807) is 0 Å². The third kappa shape index (κ3) is 4.73. The first kappa shape index (κ1) is 19.0. The number of carbonyl (C=O) groups is 2. The molecule has 0 spiro atoms. The summed E-state index contributed by atoms with van der Waals surface area (Å²) in [4.78, 5) is 27.4. The van der Waals surface area contributed by atoms with Crippen molar-refractivity contribution < 1.29 is 31.7 Å². The van der Waals surface area contributed by atoms with Crippen molar-refractivity contribution in [2.24, 2.45) is 5.41 Å². The fourth-order valence-corrected chi connectivity index (χ4v) is 2.57. The van der Waals surface area contributed by atoms with Crippen LogP contribution in [0.4, 0.5) is 0 Å². The van der Waals surface area contributed by atoms with Crippen LogP contribution in [0.3, 0.4) is 0 Å². The second-order valence-electron chi connectivity index (χ2n) is 5.36. The van der Waals surface area contributed by atoms with Gasteiger partial charge in [0, 0.05) is 6.20 Å². The van der Waals surface area contributed by atoms with Gasteiger partial charge in [0.2, 0.25) is 0 Å². The molecule has 1 unspecified atom stereocenters. The van der Waals surface area contributed by atoms with Crippen LogP contribution in [-0.4, -0.2) is 45.8 Å². The van der Waals surface area contributed by atoms with Gasteiger partial charge in [0.05, 0.1) is 37.1 Å². The second-order valence-corrected chi connectivity index (χ2v) is 6.96. The number of pyridine rings is 1. The van der Waals surface area contributed by atoms with E-state index in [1.165, 1.54) is 46.4 Å². The first-order chi connectivity index (χ1) is 10.5. The number of ether oxygens (including phenoxy) is 2. The van der Waals surface area contributed by atoms with Crippen molar-refractivity contribution in [1.82, 2.24) is 4.98 Å². The van der Waals surface area contributed by atoms with Gasteiger partial charge >= 0.3 is 11.9 Å². The average molecular weight is 345 g/mol. The van der Waals surface area contributed by atoms with Crippen molar-refractivity contribution in [2.45, 2.75) is 20.0 Å². The van der Waals surface area contributed by atoms with E-state index in [-0.39, 0.29) is 11.3 Å². The zero-order valence-corrected chi connectivity index (χ0v) is 14.3. The standard InChI is InChI=1S/C14H19NO7S/c1-14(2,13(17)21-4)11(22-23(5,18)19)10-7-6-9(8-15-10)12(16)20-3/h6-8,11H,1-5H3. The van der Waals surface area contributed by atoms with E-state index < -0.39 is 33.6 Å². The molecule has 0 saturated heterocycles. The molecule has 1 heterocycles. The highest BCUT2D eigenvalue weighted by Crippen LogP contribution is 2.37. The van der Waals surface area contributed by atoms with E-state index in [0.717, 1.165) is 6.26 Å². The summed E-state index contributed by atoms with van der Waals surface area (Å²) in [5.74, 6) is -1.25. The summed E-state index contributed by atoms with van der Waals surface area (Å²) in [5, 5.41) is 0. The van der Waals surface area contributed by atoms with Crippen molar-refractivity contribution in [3.63, 3.8) is 0 Å². The zero-order chi connectivity index (χ0) is 17.8. The van der Waals surface area contributed by atoms with Crippen molar-refractivity contribution in [2.75, 3.05) is 20.5 Å². The summed E-state index contributed by atoms with van der Waals surface area (Å²) >= 11 is 0.